The van der Waals surface area contributed by atoms with Gasteiger partial charge in [0, 0.05) is 31.4 Å². The Morgan fingerprint density at radius 3 is 2.84 bits per heavy atom. The number of aromatic nitrogens is 4. The zero-order valence-electron chi connectivity index (χ0n) is 17.7. The van der Waals surface area contributed by atoms with E-state index in [-0.39, 0.29) is 18.3 Å². The first-order valence-corrected chi connectivity index (χ1v) is 10.3. The highest BCUT2D eigenvalue weighted by Gasteiger charge is 2.27. The molecule has 3 aromatic rings. The van der Waals surface area contributed by atoms with E-state index in [2.05, 4.69) is 25.5 Å². The molecule has 0 spiro atoms. The lowest BCUT2D eigenvalue weighted by Crippen LogP contribution is -2.42. The first-order chi connectivity index (χ1) is 15.0. The minimum atomic E-state index is -0.317. The molecule has 162 valence electrons. The highest BCUT2D eigenvalue weighted by atomic mass is 19.1. The Labute approximate surface area is 180 Å². The number of aryl methyl sites for hydroxylation is 1. The van der Waals surface area contributed by atoms with Gasteiger partial charge in [0.2, 0.25) is 5.91 Å². The van der Waals surface area contributed by atoms with Crippen LogP contribution >= 0.6 is 0 Å². The van der Waals surface area contributed by atoms with Crippen molar-refractivity contribution in [1.29, 1.82) is 0 Å². The maximum Gasteiger partial charge on any atom is 0.239 e. The van der Waals surface area contributed by atoms with Crippen molar-refractivity contribution < 1.29 is 9.18 Å². The van der Waals surface area contributed by atoms with Crippen LogP contribution < -0.4 is 10.2 Å². The van der Waals surface area contributed by atoms with Crippen LogP contribution in [0.1, 0.15) is 18.5 Å². The maximum absolute atomic E-state index is 13.2. The number of nitrogens with zero attached hydrogens (tertiary/aromatic N) is 6. The van der Waals surface area contributed by atoms with E-state index in [4.69, 9.17) is 0 Å². The van der Waals surface area contributed by atoms with Crippen molar-refractivity contribution in [2.45, 2.75) is 25.8 Å². The molecule has 1 atom stereocenters. The van der Waals surface area contributed by atoms with Crippen molar-refractivity contribution >= 4 is 17.5 Å². The molecule has 0 bridgehead atoms. The lowest BCUT2D eigenvalue weighted by molar-refractivity contribution is -0.117. The van der Waals surface area contributed by atoms with Gasteiger partial charge in [0.05, 0.1) is 17.9 Å². The number of carbonyl (C=O) groups is 1. The molecule has 1 saturated heterocycles. The van der Waals surface area contributed by atoms with E-state index in [1.165, 1.54) is 12.1 Å². The molecule has 1 aliphatic rings. The van der Waals surface area contributed by atoms with Crippen molar-refractivity contribution in [3.63, 3.8) is 0 Å². The van der Waals surface area contributed by atoms with Crippen LogP contribution in [0.5, 0.6) is 0 Å². The summed E-state index contributed by atoms with van der Waals surface area (Å²) in [4.78, 5) is 17.0. The molecule has 1 N–H and O–H groups in total. The Balaban J connectivity index is 1.37. The van der Waals surface area contributed by atoms with Crippen LogP contribution in [0.3, 0.4) is 0 Å². The molecule has 2 aromatic heterocycles. The summed E-state index contributed by atoms with van der Waals surface area (Å²) in [6.07, 6.45) is 3.82. The van der Waals surface area contributed by atoms with Crippen molar-refractivity contribution in [2.75, 3.05) is 36.9 Å². The summed E-state index contributed by atoms with van der Waals surface area (Å²) in [6.45, 7) is 3.79. The van der Waals surface area contributed by atoms with Crippen LogP contribution in [0.25, 0.3) is 5.69 Å². The third kappa shape index (κ3) is 5.05. The van der Waals surface area contributed by atoms with Gasteiger partial charge in [0.25, 0.3) is 0 Å². The van der Waals surface area contributed by atoms with Crippen LogP contribution in [-0.2, 0) is 4.79 Å². The second-order valence-corrected chi connectivity index (χ2v) is 7.88. The number of likely N-dealkylation sites (N-methyl/N-ethyl adjacent to an activating group) is 1. The van der Waals surface area contributed by atoms with Crippen LogP contribution in [0, 0.1) is 12.7 Å². The molecule has 9 heteroatoms. The fraction of sp³-hybridized carbons (Fsp3) is 0.364. The fourth-order valence-corrected chi connectivity index (χ4v) is 3.99. The minimum absolute atomic E-state index is 0.130. The normalized spacial score (nSPS) is 16.1. The van der Waals surface area contributed by atoms with Gasteiger partial charge in [-0.25, -0.2) is 9.07 Å². The van der Waals surface area contributed by atoms with E-state index in [9.17, 15) is 9.18 Å². The predicted molar refractivity (Wildman–Crippen MR) is 117 cm³/mol. The number of hydrogen-bond donors (Lipinski definition) is 1. The summed E-state index contributed by atoms with van der Waals surface area (Å²) in [5.74, 6) is 0.989. The molecule has 0 saturated carbocycles. The zero-order valence-corrected chi connectivity index (χ0v) is 17.7. The summed E-state index contributed by atoms with van der Waals surface area (Å²) >= 11 is 0. The van der Waals surface area contributed by atoms with Gasteiger partial charge in [-0.1, -0.05) is 0 Å². The molecule has 1 aliphatic heterocycles. The predicted octanol–water partition coefficient (Wildman–Crippen LogP) is 2.65. The lowest BCUT2D eigenvalue weighted by atomic mass is 10.2. The number of carbonyl (C=O) groups excluding carboxylic acids is 1. The molecule has 3 heterocycles. The minimum Gasteiger partial charge on any atom is -0.351 e. The Bertz CT molecular complexity index is 1020. The molecule has 8 nitrogen and oxygen atoms in total. The van der Waals surface area contributed by atoms with Crippen LogP contribution in [0.4, 0.5) is 16.0 Å². The molecule has 4 rings (SSSR count). The summed E-state index contributed by atoms with van der Waals surface area (Å²) in [7, 11) is 1.94. The first kappa shape index (κ1) is 20.9. The van der Waals surface area contributed by atoms with E-state index >= 15 is 0 Å². The van der Waals surface area contributed by atoms with Crippen molar-refractivity contribution in [3.8, 4) is 5.69 Å². The highest BCUT2D eigenvalue weighted by molar-refractivity contribution is 5.91. The van der Waals surface area contributed by atoms with Gasteiger partial charge in [-0.15, -0.1) is 5.10 Å². The molecular weight excluding hydrogens is 397 g/mol. The molecule has 0 radical (unpaired) electrons. The molecule has 1 unspecified atom stereocenters. The molecule has 31 heavy (non-hydrogen) atoms. The van der Waals surface area contributed by atoms with E-state index in [1.54, 1.807) is 29.1 Å². The van der Waals surface area contributed by atoms with E-state index < -0.39 is 0 Å². The standard InChI is InChI=1S/C22H26FN7O/c1-16-13-21(30(27-16)18-9-7-17(23)8-10-18)25-22(31)15-28(2)14-19-5-4-12-29(19)20-6-3-11-24-26-20/h3,6-11,13,19H,4-5,12,14-15H2,1-2H3,(H,25,31). The Morgan fingerprint density at radius 2 is 2.10 bits per heavy atom. The van der Waals surface area contributed by atoms with Crippen LogP contribution in [0.2, 0.25) is 0 Å². The average molecular weight is 423 g/mol. The second kappa shape index (κ2) is 9.22. The smallest absolute Gasteiger partial charge is 0.239 e. The number of rotatable bonds is 7. The largest absolute Gasteiger partial charge is 0.351 e. The van der Waals surface area contributed by atoms with Gasteiger partial charge in [-0.2, -0.15) is 10.2 Å². The van der Waals surface area contributed by atoms with Gasteiger partial charge in [-0.3, -0.25) is 9.69 Å². The van der Waals surface area contributed by atoms with E-state index in [0.29, 0.717) is 17.5 Å². The number of benzene rings is 1. The number of anilines is 2. The molecule has 0 aliphatic carbocycles. The Morgan fingerprint density at radius 1 is 1.29 bits per heavy atom. The number of halogens is 1. The van der Waals surface area contributed by atoms with Crippen LogP contribution in [-0.4, -0.2) is 63.5 Å². The van der Waals surface area contributed by atoms with Crippen LogP contribution in [0.15, 0.2) is 48.7 Å². The molecule has 1 fully saturated rings. The van der Waals surface area contributed by atoms with E-state index in [1.807, 2.05) is 31.0 Å². The summed E-state index contributed by atoms with van der Waals surface area (Å²) in [5.41, 5.74) is 1.45. The number of amides is 1. The molecular formula is C22H26FN7O. The van der Waals surface area contributed by atoms with Gasteiger partial charge in [-0.05, 0) is 63.2 Å². The second-order valence-electron chi connectivity index (χ2n) is 7.88. The van der Waals surface area contributed by atoms with E-state index in [0.717, 1.165) is 37.4 Å². The average Bonchev–Trinajstić information content (AvgIpc) is 3.35. The number of nitrogens with one attached hydrogen (secondary N) is 1. The Hall–Kier alpha value is -3.33. The van der Waals surface area contributed by atoms with Gasteiger partial charge < -0.3 is 10.2 Å². The van der Waals surface area contributed by atoms with Gasteiger partial charge in [0.1, 0.15) is 11.6 Å². The lowest BCUT2D eigenvalue weighted by Gasteiger charge is -2.28. The highest BCUT2D eigenvalue weighted by Crippen LogP contribution is 2.23. The van der Waals surface area contributed by atoms with Crippen molar-refractivity contribution in [1.82, 2.24) is 24.9 Å². The zero-order chi connectivity index (χ0) is 21.8. The third-order valence-electron chi connectivity index (χ3n) is 5.34. The fourth-order valence-electron chi connectivity index (χ4n) is 3.99. The first-order valence-electron chi connectivity index (χ1n) is 10.3. The Kier molecular flexibility index (Phi) is 6.22. The SMILES string of the molecule is Cc1cc(NC(=O)CN(C)CC2CCCN2c2cccnn2)n(-c2ccc(F)cc2)n1. The summed E-state index contributed by atoms with van der Waals surface area (Å²) in [6, 6.07) is 12.0. The third-order valence-corrected chi connectivity index (χ3v) is 5.34. The summed E-state index contributed by atoms with van der Waals surface area (Å²) < 4.78 is 14.9. The monoisotopic (exact) mass is 423 g/mol. The topological polar surface area (TPSA) is 79.2 Å². The summed E-state index contributed by atoms with van der Waals surface area (Å²) in [5, 5.41) is 15.6. The number of hydrogen-bond acceptors (Lipinski definition) is 6. The van der Waals surface area contributed by atoms with Gasteiger partial charge in [0.15, 0.2) is 5.82 Å². The molecule has 1 aromatic carbocycles. The van der Waals surface area contributed by atoms with Crippen molar-refractivity contribution in [2.24, 2.45) is 0 Å². The van der Waals surface area contributed by atoms with Gasteiger partial charge >= 0.3 is 0 Å². The maximum atomic E-state index is 13.2. The van der Waals surface area contributed by atoms with Crippen molar-refractivity contribution in [3.05, 3.63) is 60.2 Å². The quantitative estimate of drug-likeness (QED) is 0.630. The molecule has 1 amide bonds.